The molecular weight excluding hydrogens is 562 g/mol. The minimum Gasteiger partial charge on any atom is -0.497 e. The number of likely N-dealkylation sites (tertiary alicyclic amines) is 2. The van der Waals surface area contributed by atoms with Crippen LogP contribution >= 0.6 is 0 Å². The van der Waals surface area contributed by atoms with Crippen molar-refractivity contribution in [1.29, 1.82) is 0 Å². The summed E-state index contributed by atoms with van der Waals surface area (Å²) in [6.07, 6.45) is 4.80. The second-order valence-corrected chi connectivity index (χ2v) is 13.9. The molecule has 2 heterocycles. The van der Waals surface area contributed by atoms with Crippen molar-refractivity contribution >= 4 is 21.7 Å². The van der Waals surface area contributed by atoms with Gasteiger partial charge in [-0.15, -0.1) is 0 Å². The fourth-order valence-electron chi connectivity index (χ4n) is 6.27. The van der Waals surface area contributed by atoms with E-state index in [1.54, 1.807) is 31.4 Å². The predicted octanol–water partition coefficient (Wildman–Crippen LogP) is 4.40. The van der Waals surface area contributed by atoms with Gasteiger partial charge >= 0.3 is 0 Å². The van der Waals surface area contributed by atoms with Crippen LogP contribution in [-0.2, 0) is 32.4 Å². The van der Waals surface area contributed by atoms with Gasteiger partial charge in [0, 0.05) is 25.9 Å². The zero-order chi connectivity index (χ0) is 30.5. The molecule has 2 aliphatic heterocycles. The number of hydrogen-bond donors (Lipinski definition) is 1. The van der Waals surface area contributed by atoms with Gasteiger partial charge < -0.3 is 19.9 Å². The Labute approximate surface area is 255 Å². The fourth-order valence-corrected chi connectivity index (χ4v) is 6.90. The van der Waals surface area contributed by atoms with Crippen LogP contribution in [-0.4, -0.2) is 69.6 Å². The van der Waals surface area contributed by atoms with Crippen LogP contribution in [0.1, 0.15) is 48.4 Å². The zero-order valence-electron chi connectivity index (χ0n) is 25.0. The number of amides is 2. The van der Waals surface area contributed by atoms with E-state index >= 15 is 0 Å². The van der Waals surface area contributed by atoms with Crippen molar-refractivity contribution in [3.63, 3.8) is 0 Å². The number of methoxy groups -OCH3 is 1. The van der Waals surface area contributed by atoms with E-state index in [0.717, 1.165) is 74.3 Å². The van der Waals surface area contributed by atoms with E-state index in [4.69, 9.17) is 4.74 Å². The van der Waals surface area contributed by atoms with Gasteiger partial charge in [-0.05, 0) is 79.7 Å². The van der Waals surface area contributed by atoms with Gasteiger partial charge in [0.25, 0.3) is 0 Å². The molecule has 2 aliphatic rings. The summed E-state index contributed by atoms with van der Waals surface area (Å²) in [5.74, 6) is 0.967. The molecule has 9 heteroatoms. The summed E-state index contributed by atoms with van der Waals surface area (Å²) in [5, 5.41) is 3.26. The molecule has 3 aromatic rings. The minimum absolute atomic E-state index is 0.0146. The molecule has 2 fully saturated rings. The summed E-state index contributed by atoms with van der Waals surface area (Å²) >= 11 is 0. The summed E-state index contributed by atoms with van der Waals surface area (Å²) in [6, 6.07) is 24.4. The van der Waals surface area contributed by atoms with Crippen LogP contribution in [0.3, 0.4) is 0 Å². The highest BCUT2D eigenvalue weighted by atomic mass is 32.2. The number of benzene rings is 3. The number of piperidine rings is 1. The van der Waals surface area contributed by atoms with E-state index in [-0.39, 0.29) is 23.3 Å². The number of sulfone groups is 1. The first-order valence-electron chi connectivity index (χ1n) is 14.9. The highest BCUT2D eigenvalue weighted by Gasteiger charge is 2.47. The molecule has 43 heavy (non-hydrogen) atoms. The van der Waals surface area contributed by atoms with Crippen molar-refractivity contribution in [2.24, 2.45) is 5.41 Å². The lowest BCUT2D eigenvalue weighted by molar-refractivity contribution is -0.139. The van der Waals surface area contributed by atoms with Gasteiger partial charge in [0.1, 0.15) is 5.75 Å². The maximum atomic E-state index is 13.5. The average Bonchev–Trinajstić information content (AvgIpc) is 3.30. The molecule has 0 aliphatic carbocycles. The summed E-state index contributed by atoms with van der Waals surface area (Å²) in [6.45, 7) is 3.77. The number of ether oxygens (including phenoxy) is 1. The van der Waals surface area contributed by atoms with Gasteiger partial charge in [-0.25, -0.2) is 8.42 Å². The van der Waals surface area contributed by atoms with Gasteiger partial charge in [-0.3, -0.25) is 9.59 Å². The lowest BCUT2D eigenvalue weighted by atomic mass is 9.77. The molecule has 1 N–H and O–H groups in total. The number of carbonyl (C=O) groups excluding carboxylic acids is 2. The van der Waals surface area contributed by atoms with Crippen LogP contribution in [0.2, 0.25) is 0 Å². The van der Waals surface area contributed by atoms with Crippen LogP contribution < -0.4 is 10.1 Å². The zero-order valence-corrected chi connectivity index (χ0v) is 25.8. The number of carbonyl (C=O) groups is 2. The first-order chi connectivity index (χ1) is 20.6. The van der Waals surface area contributed by atoms with Crippen molar-refractivity contribution in [2.45, 2.75) is 49.6 Å². The third-order valence-electron chi connectivity index (χ3n) is 8.93. The maximum Gasteiger partial charge on any atom is 0.229 e. The molecule has 8 nitrogen and oxygen atoms in total. The van der Waals surface area contributed by atoms with E-state index in [9.17, 15) is 18.0 Å². The average molecular weight is 604 g/mol. The number of rotatable bonds is 11. The summed E-state index contributed by atoms with van der Waals surface area (Å²) < 4.78 is 28.8. The topological polar surface area (TPSA) is 96.0 Å². The third kappa shape index (κ3) is 7.64. The molecule has 228 valence electrons. The largest absolute Gasteiger partial charge is 0.497 e. The molecule has 3 aromatic carbocycles. The Balaban J connectivity index is 1.14. The Morgan fingerprint density at radius 1 is 0.907 bits per heavy atom. The molecule has 5 rings (SSSR count). The molecule has 0 bridgehead atoms. The second-order valence-electron chi connectivity index (χ2n) is 11.9. The number of nitrogens with one attached hydrogen (secondary N) is 1. The standard InChI is InChI=1S/C34H41N3O5S/c1-42-29-12-8-26(9-13-29)24-32(38)35-31(28-6-4-3-5-7-28)16-20-36-21-17-34(18-22-36)19-23-37(33(34)39)25-27-10-14-30(15-11-27)43(2,40)41/h3-15,31H,16-25H2,1-2H3,(H,35,38). The summed E-state index contributed by atoms with van der Waals surface area (Å²) in [5.41, 5.74) is 2.66. The van der Waals surface area contributed by atoms with E-state index < -0.39 is 9.84 Å². The molecular formula is C34H41N3O5S. The van der Waals surface area contributed by atoms with E-state index in [1.807, 2.05) is 47.4 Å². The van der Waals surface area contributed by atoms with Crippen LogP contribution in [0.5, 0.6) is 5.75 Å². The van der Waals surface area contributed by atoms with Gasteiger partial charge in [-0.2, -0.15) is 0 Å². The monoisotopic (exact) mass is 603 g/mol. The minimum atomic E-state index is -3.24. The predicted molar refractivity (Wildman–Crippen MR) is 166 cm³/mol. The third-order valence-corrected chi connectivity index (χ3v) is 10.1. The molecule has 0 saturated carbocycles. The fraction of sp³-hybridized carbons (Fsp3) is 0.412. The van der Waals surface area contributed by atoms with Crippen LogP contribution in [0, 0.1) is 5.41 Å². The molecule has 2 amide bonds. The molecule has 1 atom stereocenters. The van der Waals surface area contributed by atoms with Gasteiger partial charge in [0.05, 0.1) is 29.9 Å². The van der Waals surface area contributed by atoms with E-state index in [2.05, 4.69) is 22.3 Å². The summed E-state index contributed by atoms with van der Waals surface area (Å²) in [4.78, 5) is 31.2. The van der Waals surface area contributed by atoms with Crippen molar-refractivity contribution in [2.75, 3.05) is 39.5 Å². The number of hydrogen-bond acceptors (Lipinski definition) is 6. The van der Waals surface area contributed by atoms with E-state index in [1.165, 1.54) is 6.26 Å². The van der Waals surface area contributed by atoms with Crippen molar-refractivity contribution in [3.05, 3.63) is 95.6 Å². The van der Waals surface area contributed by atoms with Crippen molar-refractivity contribution in [1.82, 2.24) is 15.1 Å². The lowest BCUT2D eigenvalue weighted by Gasteiger charge is -2.38. The highest BCUT2D eigenvalue weighted by molar-refractivity contribution is 7.90. The van der Waals surface area contributed by atoms with Crippen molar-refractivity contribution in [3.8, 4) is 5.75 Å². The molecule has 1 spiro atoms. The molecule has 0 aromatic heterocycles. The molecule has 2 saturated heterocycles. The number of nitrogens with zero attached hydrogens (tertiary/aromatic N) is 2. The highest BCUT2D eigenvalue weighted by Crippen LogP contribution is 2.42. The molecule has 0 radical (unpaired) electrons. The quantitative estimate of drug-likeness (QED) is 0.349. The first-order valence-corrected chi connectivity index (χ1v) is 16.8. The second kappa shape index (κ2) is 13.3. The Hall–Kier alpha value is -3.69. The van der Waals surface area contributed by atoms with Crippen LogP contribution in [0.25, 0.3) is 0 Å². The SMILES string of the molecule is COc1ccc(CC(=O)NC(CCN2CCC3(CC2)CCN(Cc2ccc(S(C)(=O)=O)cc2)C3=O)c2ccccc2)cc1. The Morgan fingerprint density at radius 2 is 1.53 bits per heavy atom. The first kappa shape index (κ1) is 30.8. The Bertz CT molecular complexity index is 1500. The van der Waals surface area contributed by atoms with Crippen LogP contribution in [0.15, 0.2) is 83.8 Å². The lowest BCUT2D eigenvalue weighted by Crippen LogP contribution is -2.45. The Kier molecular flexibility index (Phi) is 9.52. The van der Waals surface area contributed by atoms with Crippen molar-refractivity contribution < 1.29 is 22.7 Å². The van der Waals surface area contributed by atoms with Gasteiger partial charge in [0.15, 0.2) is 9.84 Å². The molecule has 1 unspecified atom stereocenters. The smallest absolute Gasteiger partial charge is 0.229 e. The summed E-state index contributed by atoms with van der Waals surface area (Å²) in [7, 11) is -1.62. The normalized spacial score (nSPS) is 17.6. The Morgan fingerprint density at radius 3 is 2.16 bits per heavy atom. The maximum absolute atomic E-state index is 13.5. The van der Waals surface area contributed by atoms with Crippen LogP contribution in [0.4, 0.5) is 0 Å². The van der Waals surface area contributed by atoms with E-state index in [0.29, 0.717) is 17.9 Å². The van der Waals surface area contributed by atoms with Gasteiger partial charge in [-0.1, -0.05) is 54.6 Å². The van der Waals surface area contributed by atoms with Gasteiger partial charge in [0.2, 0.25) is 11.8 Å².